The predicted molar refractivity (Wildman–Crippen MR) is 128 cm³/mol. The molecule has 0 spiro atoms. The lowest BCUT2D eigenvalue weighted by Crippen LogP contribution is -2.20. The molecule has 0 saturated carbocycles. The molecule has 1 fully saturated rings. The highest BCUT2D eigenvalue weighted by Crippen LogP contribution is 2.15. The van der Waals surface area contributed by atoms with Crippen LogP contribution in [-0.2, 0) is 19.1 Å². The number of hydrogen-bond acceptors (Lipinski definition) is 12. The van der Waals surface area contributed by atoms with Crippen molar-refractivity contribution in [2.24, 2.45) is 5.73 Å². The summed E-state index contributed by atoms with van der Waals surface area (Å²) in [5.41, 5.74) is 4.50. The molecule has 0 aromatic rings. The zero-order chi connectivity index (χ0) is 23.1. The topological polar surface area (TPSA) is 137 Å². The van der Waals surface area contributed by atoms with E-state index in [1.807, 2.05) is 18.0 Å². The van der Waals surface area contributed by atoms with E-state index in [-0.39, 0.29) is 12.2 Å². The van der Waals surface area contributed by atoms with Gasteiger partial charge in [-0.2, -0.15) is 46.6 Å². The number of carbonyl (C=O) groups excluding carboxylic acids is 4. The molecule has 28 heavy (non-hydrogen) atoms. The normalized spacial score (nSPS) is 8.86. The third kappa shape index (κ3) is 72.6. The molecule has 0 aromatic carbocycles. The Morgan fingerprint density at radius 3 is 1.68 bits per heavy atom. The van der Waals surface area contributed by atoms with Gasteiger partial charge in [-0.3, -0.25) is 0 Å². The van der Waals surface area contributed by atoms with Crippen molar-refractivity contribution in [1.29, 1.82) is 0 Å². The summed E-state index contributed by atoms with van der Waals surface area (Å²) in [7, 11) is 7.90. The molecule has 1 rings (SSSR count). The van der Waals surface area contributed by atoms with Gasteiger partial charge < -0.3 is 25.8 Å². The molecule has 170 valence electrons. The van der Waals surface area contributed by atoms with E-state index in [1.165, 1.54) is 25.6 Å². The first-order valence-electron chi connectivity index (χ1n) is 7.58. The smallest absolute Gasteiger partial charge is 0.406 e. The van der Waals surface area contributed by atoms with Gasteiger partial charge >= 0.3 is 18.3 Å². The van der Waals surface area contributed by atoms with Crippen LogP contribution in [0.4, 0.5) is 9.59 Å². The summed E-state index contributed by atoms with van der Waals surface area (Å²) in [6.07, 6.45) is 3.17. The summed E-state index contributed by atoms with van der Waals surface area (Å²) >= 11 is 9.36. The molecule has 0 unspecified atom stereocenters. The fourth-order valence-corrected chi connectivity index (χ4v) is 1.65. The second-order valence-electron chi connectivity index (χ2n) is 3.18. The molecule has 9 nitrogen and oxygen atoms in total. The van der Waals surface area contributed by atoms with Crippen LogP contribution in [0.25, 0.3) is 0 Å². The minimum absolute atomic E-state index is 0.250. The van der Waals surface area contributed by atoms with Crippen molar-refractivity contribution in [3.05, 3.63) is 0 Å². The van der Waals surface area contributed by atoms with E-state index in [4.69, 9.17) is 14.3 Å². The number of alkyl carbamates (subject to hydrolysis) is 2. The quantitative estimate of drug-likeness (QED) is 0.159. The van der Waals surface area contributed by atoms with Crippen molar-refractivity contribution >= 4 is 76.9 Å². The zero-order valence-electron chi connectivity index (χ0n) is 16.9. The van der Waals surface area contributed by atoms with Gasteiger partial charge in [-0.1, -0.05) is 21.6 Å². The summed E-state index contributed by atoms with van der Waals surface area (Å²) in [6.45, 7) is 0.841. The van der Waals surface area contributed by atoms with Gasteiger partial charge in [0.05, 0.1) is 0 Å². The number of ether oxygens (including phenoxy) is 2. The van der Waals surface area contributed by atoms with E-state index in [0.29, 0.717) is 19.0 Å². The number of nitrogens with one attached hydrogen (secondary N) is 2. The monoisotopic (exact) mass is 499 g/mol. The number of hydrogen-bond donors (Lipinski definition) is 5. The molecule has 14 heteroatoms. The number of nitrogens with two attached hydrogens (primary N) is 1. The van der Waals surface area contributed by atoms with Gasteiger partial charge in [0.25, 0.3) is 0 Å². The average molecular weight is 500 g/mol. The molecule has 1 aliphatic heterocycles. The van der Waals surface area contributed by atoms with Crippen molar-refractivity contribution in [3.8, 4) is 0 Å². The highest BCUT2D eigenvalue weighted by molar-refractivity contribution is 8.76. The average Bonchev–Trinajstić information content (AvgIpc) is 3.62. The molecule has 0 atom stereocenters. The molecule has 4 N–H and O–H groups in total. The Bertz CT molecular complexity index is 334. The molecule has 1 saturated heterocycles. The molecule has 0 radical (unpaired) electrons. The van der Waals surface area contributed by atoms with E-state index in [2.05, 4.69) is 46.4 Å². The van der Waals surface area contributed by atoms with E-state index in [0.717, 1.165) is 5.75 Å². The minimum atomic E-state index is -0.404. The maximum Gasteiger partial charge on any atom is 0.406 e. The second kappa shape index (κ2) is 45.4. The van der Waals surface area contributed by atoms with Gasteiger partial charge in [0.2, 0.25) is 0 Å². The molecule has 2 amide bonds. The third-order valence-electron chi connectivity index (χ3n) is 1.45. The zero-order valence-corrected chi connectivity index (χ0v) is 21.1. The summed E-state index contributed by atoms with van der Waals surface area (Å²) in [6, 6.07) is 0. The predicted octanol–water partition coefficient (Wildman–Crippen LogP) is 1.90. The summed E-state index contributed by atoms with van der Waals surface area (Å²) in [5.74, 6) is 4.24. The molecule has 0 bridgehead atoms. The van der Waals surface area contributed by atoms with Crippen LogP contribution in [0.2, 0.25) is 0 Å². The standard InChI is InChI=1S/C5H11NO2S2.C4H9NO2S.C2H4S.CH5N.CO2.CH4S/c1-6-5(7)8-3-4-10-9-2;1-5-4(6)7-2-3-8;1-2-3-1;1-2;2-1-3;1-2/h3-4H2,1-2H3,(H,6,7);8H,2-3H2,1H3,(H,5,6);1-2H2;2H2,1H3;;2H,1H3. The van der Waals surface area contributed by atoms with Gasteiger partial charge in [-0.15, -0.1) is 0 Å². The van der Waals surface area contributed by atoms with Crippen LogP contribution < -0.4 is 16.4 Å². The lowest BCUT2D eigenvalue weighted by atomic mass is 10.8. The maximum absolute atomic E-state index is 10.4. The van der Waals surface area contributed by atoms with Crippen LogP contribution in [0, 0.1) is 0 Å². The van der Waals surface area contributed by atoms with Crippen molar-refractivity contribution in [2.75, 3.05) is 69.9 Å². The molecule has 1 heterocycles. The molecule has 1 aliphatic rings. The first kappa shape index (κ1) is 38.3. The number of amides is 2. The Hall–Kier alpha value is -0.370. The van der Waals surface area contributed by atoms with Crippen LogP contribution in [-0.4, -0.2) is 88.2 Å². The van der Waals surface area contributed by atoms with Crippen molar-refractivity contribution in [3.63, 3.8) is 0 Å². The first-order chi connectivity index (χ1) is 13.5. The van der Waals surface area contributed by atoms with Gasteiger partial charge in [0.15, 0.2) is 0 Å². The van der Waals surface area contributed by atoms with Crippen LogP contribution in [0.5, 0.6) is 0 Å². The van der Waals surface area contributed by atoms with Gasteiger partial charge in [0.1, 0.15) is 13.2 Å². The Kier molecular flexibility index (Phi) is 62.0. The van der Waals surface area contributed by atoms with Crippen LogP contribution >= 0.6 is 58.6 Å². The van der Waals surface area contributed by atoms with E-state index >= 15 is 0 Å². The first-order valence-corrected chi connectivity index (χ1v) is 13.0. The maximum atomic E-state index is 10.4. The highest BCUT2D eigenvalue weighted by atomic mass is 33.1. The molecular formula is C14H33N3O6S5. The van der Waals surface area contributed by atoms with Crippen molar-refractivity contribution in [1.82, 2.24) is 10.6 Å². The minimum Gasteiger partial charge on any atom is -0.449 e. The van der Waals surface area contributed by atoms with Crippen LogP contribution in [0.1, 0.15) is 0 Å². The van der Waals surface area contributed by atoms with Crippen molar-refractivity contribution in [2.45, 2.75) is 0 Å². The van der Waals surface area contributed by atoms with E-state index in [9.17, 15) is 9.59 Å². The van der Waals surface area contributed by atoms with Crippen LogP contribution in [0.15, 0.2) is 0 Å². The number of rotatable bonds is 6. The lowest BCUT2D eigenvalue weighted by Gasteiger charge is -2.00. The van der Waals surface area contributed by atoms with E-state index in [1.54, 1.807) is 34.9 Å². The Morgan fingerprint density at radius 2 is 1.43 bits per heavy atom. The largest absolute Gasteiger partial charge is 0.449 e. The van der Waals surface area contributed by atoms with Gasteiger partial charge in [-0.05, 0) is 19.6 Å². The SMILES string of the molecule is C1CS1.CN.CNC(=O)OCCS.CNC(=O)OCCSSC.CS.O=C=O. The molecule has 0 aliphatic carbocycles. The Labute approximate surface area is 191 Å². The van der Waals surface area contributed by atoms with Crippen LogP contribution in [0.3, 0.4) is 0 Å². The van der Waals surface area contributed by atoms with Gasteiger partial charge in [0, 0.05) is 37.1 Å². The van der Waals surface area contributed by atoms with Crippen molar-refractivity contribution < 1.29 is 28.7 Å². The molecular weight excluding hydrogens is 467 g/mol. The highest BCUT2D eigenvalue weighted by Gasteiger charge is 1.95. The fraction of sp³-hybridized carbons (Fsp3) is 0.786. The fourth-order valence-electron chi connectivity index (χ4n) is 0.534. The number of thiol groups is 2. The molecule has 0 aromatic heterocycles. The Balaban J connectivity index is -0.0000000864. The number of thioether (sulfide) groups is 1. The Morgan fingerprint density at radius 1 is 1.07 bits per heavy atom. The number of carbonyl (C=O) groups is 2. The lowest BCUT2D eigenvalue weighted by molar-refractivity contribution is -0.191. The third-order valence-corrected chi connectivity index (χ3v) is 3.82. The summed E-state index contributed by atoms with van der Waals surface area (Å²) in [4.78, 5) is 36.9. The second-order valence-corrected chi connectivity index (χ2v) is 7.54. The van der Waals surface area contributed by atoms with Gasteiger partial charge in [-0.25, -0.2) is 9.59 Å². The van der Waals surface area contributed by atoms with E-state index < -0.39 is 6.09 Å². The summed E-state index contributed by atoms with van der Waals surface area (Å²) in [5, 5.41) is 4.67. The summed E-state index contributed by atoms with van der Waals surface area (Å²) < 4.78 is 9.22.